The van der Waals surface area contributed by atoms with Crippen LogP contribution >= 0.6 is 0 Å². The number of furan rings is 1. The molecule has 0 bridgehead atoms. The first-order valence-corrected chi connectivity index (χ1v) is 7.25. The lowest BCUT2D eigenvalue weighted by atomic mass is 10.0. The number of aryl methyl sites for hydroxylation is 2. The third kappa shape index (κ3) is 2.90. The zero-order valence-corrected chi connectivity index (χ0v) is 12.7. The third-order valence-electron chi connectivity index (χ3n) is 3.96. The molecule has 0 amide bonds. The normalized spacial score (nSPS) is 17.2. The Labute approximate surface area is 125 Å². The second-order valence-electron chi connectivity index (χ2n) is 5.49. The number of methoxy groups -OCH3 is 1. The Morgan fingerprint density at radius 2 is 2.19 bits per heavy atom. The Kier molecular flexibility index (Phi) is 3.88. The van der Waals surface area contributed by atoms with Gasteiger partial charge in [0, 0.05) is 6.04 Å². The Balaban J connectivity index is 1.64. The summed E-state index contributed by atoms with van der Waals surface area (Å²) in [5, 5.41) is 3.50. The molecule has 0 saturated heterocycles. The minimum atomic E-state index is 0.287. The SMILES string of the molecule is COc1cccc2c1OC[C@H](NCc1cc(C)c(C)o1)C2. The Morgan fingerprint density at radius 3 is 2.90 bits per heavy atom. The number of benzene rings is 1. The molecule has 1 aliphatic rings. The van der Waals surface area contributed by atoms with Crippen molar-refractivity contribution >= 4 is 0 Å². The van der Waals surface area contributed by atoms with Crippen LogP contribution in [0, 0.1) is 13.8 Å². The first-order valence-electron chi connectivity index (χ1n) is 7.25. The van der Waals surface area contributed by atoms with E-state index in [9.17, 15) is 0 Å². The number of fused-ring (bicyclic) bond motifs is 1. The molecule has 0 saturated carbocycles. The van der Waals surface area contributed by atoms with Crippen LogP contribution in [0.1, 0.15) is 22.6 Å². The quantitative estimate of drug-likeness (QED) is 0.939. The van der Waals surface area contributed by atoms with E-state index in [1.54, 1.807) is 7.11 Å². The first-order chi connectivity index (χ1) is 10.2. The highest BCUT2D eigenvalue weighted by Crippen LogP contribution is 2.34. The molecular weight excluding hydrogens is 266 g/mol. The molecule has 0 unspecified atom stereocenters. The highest BCUT2D eigenvalue weighted by Gasteiger charge is 2.22. The van der Waals surface area contributed by atoms with E-state index in [-0.39, 0.29) is 6.04 Å². The van der Waals surface area contributed by atoms with Crippen LogP contribution in [0.2, 0.25) is 0 Å². The average molecular weight is 287 g/mol. The Bertz CT molecular complexity index is 613. The van der Waals surface area contributed by atoms with Gasteiger partial charge < -0.3 is 19.2 Å². The van der Waals surface area contributed by atoms with Crippen molar-refractivity contribution in [3.63, 3.8) is 0 Å². The molecule has 21 heavy (non-hydrogen) atoms. The van der Waals surface area contributed by atoms with Gasteiger partial charge in [0.15, 0.2) is 11.5 Å². The van der Waals surface area contributed by atoms with Gasteiger partial charge in [-0.25, -0.2) is 0 Å². The molecule has 1 atom stereocenters. The molecular formula is C17H21NO3. The van der Waals surface area contributed by atoms with Crippen LogP contribution in [-0.2, 0) is 13.0 Å². The third-order valence-corrected chi connectivity index (χ3v) is 3.96. The predicted octanol–water partition coefficient (Wildman–Crippen LogP) is 3.00. The lowest BCUT2D eigenvalue weighted by Crippen LogP contribution is -2.38. The van der Waals surface area contributed by atoms with Crippen molar-refractivity contribution in [2.45, 2.75) is 32.9 Å². The molecule has 4 nitrogen and oxygen atoms in total. The predicted molar refractivity (Wildman–Crippen MR) is 81.0 cm³/mol. The van der Waals surface area contributed by atoms with E-state index in [0.29, 0.717) is 6.61 Å². The number of hydrogen-bond acceptors (Lipinski definition) is 4. The second-order valence-corrected chi connectivity index (χ2v) is 5.49. The van der Waals surface area contributed by atoms with E-state index in [1.165, 1.54) is 11.1 Å². The Morgan fingerprint density at radius 1 is 1.33 bits per heavy atom. The molecule has 0 fully saturated rings. The van der Waals surface area contributed by atoms with Crippen LogP contribution in [0.15, 0.2) is 28.7 Å². The number of hydrogen-bond donors (Lipinski definition) is 1. The smallest absolute Gasteiger partial charge is 0.164 e. The topological polar surface area (TPSA) is 43.6 Å². The van der Waals surface area contributed by atoms with Crippen molar-refractivity contribution in [2.24, 2.45) is 0 Å². The zero-order chi connectivity index (χ0) is 14.8. The van der Waals surface area contributed by atoms with E-state index < -0.39 is 0 Å². The summed E-state index contributed by atoms with van der Waals surface area (Å²) >= 11 is 0. The number of para-hydroxylation sites is 1. The maximum absolute atomic E-state index is 5.86. The Hall–Kier alpha value is -1.94. The van der Waals surface area contributed by atoms with E-state index in [1.807, 2.05) is 19.1 Å². The molecule has 2 aromatic rings. The van der Waals surface area contributed by atoms with Crippen LogP contribution in [0.3, 0.4) is 0 Å². The highest BCUT2D eigenvalue weighted by molar-refractivity contribution is 5.48. The zero-order valence-electron chi connectivity index (χ0n) is 12.7. The van der Waals surface area contributed by atoms with Crippen molar-refractivity contribution in [2.75, 3.05) is 13.7 Å². The fourth-order valence-electron chi connectivity index (χ4n) is 2.67. The fraction of sp³-hybridized carbons (Fsp3) is 0.412. The molecule has 2 heterocycles. The van der Waals surface area contributed by atoms with Gasteiger partial charge in [-0.1, -0.05) is 12.1 Å². The summed E-state index contributed by atoms with van der Waals surface area (Å²) in [6.45, 7) is 5.42. The van der Waals surface area contributed by atoms with Gasteiger partial charge in [-0.3, -0.25) is 0 Å². The molecule has 112 valence electrons. The highest BCUT2D eigenvalue weighted by atomic mass is 16.5. The monoisotopic (exact) mass is 287 g/mol. The van der Waals surface area contributed by atoms with Crippen LogP contribution < -0.4 is 14.8 Å². The lowest BCUT2D eigenvalue weighted by Gasteiger charge is -2.27. The van der Waals surface area contributed by atoms with Crippen LogP contribution in [-0.4, -0.2) is 19.8 Å². The van der Waals surface area contributed by atoms with Gasteiger partial charge in [-0.2, -0.15) is 0 Å². The molecule has 4 heteroatoms. The first kappa shape index (κ1) is 14.0. The van der Waals surface area contributed by atoms with Crippen LogP contribution in [0.4, 0.5) is 0 Å². The van der Waals surface area contributed by atoms with E-state index in [0.717, 1.165) is 36.0 Å². The molecule has 3 rings (SSSR count). The summed E-state index contributed by atoms with van der Waals surface area (Å²) in [6.07, 6.45) is 0.936. The van der Waals surface area contributed by atoms with Gasteiger partial charge in [0.05, 0.1) is 13.7 Å². The van der Waals surface area contributed by atoms with E-state index in [4.69, 9.17) is 13.9 Å². The average Bonchev–Trinajstić information content (AvgIpc) is 2.83. The molecule has 1 aromatic carbocycles. The number of ether oxygens (including phenoxy) is 2. The van der Waals surface area contributed by atoms with Crippen molar-refractivity contribution in [3.05, 3.63) is 46.9 Å². The van der Waals surface area contributed by atoms with Crippen LogP contribution in [0.25, 0.3) is 0 Å². The maximum Gasteiger partial charge on any atom is 0.164 e. The standard InChI is InChI=1S/C17H21NO3/c1-11-7-15(21-12(11)2)9-18-14-8-13-5-4-6-16(19-3)17(13)20-10-14/h4-7,14,18H,8-10H2,1-3H3/t14-/m1/s1. The summed E-state index contributed by atoms with van der Waals surface area (Å²) in [7, 11) is 1.67. The summed E-state index contributed by atoms with van der Waals surface area (Å²) in [5.74, 6) is 3.65. The largest absolute Gasteiger partial charge is 0.493 e. The van der Waals surface area contributed by atoms with Crippen molar-refractivity contribution < 1.29 is 13.9 Å². The van der Waals surface area contributed by atoms with Gasteiger partial charge >= 0.3 is 0 Å². The number of rotatable bonds is 4. The van der Waals surface area contributed by atoms with Crippen molar-refractivity contribution in [3.8, 4) is 11.5 Å². The summed E-state index contributed by atoms with van der Waals surface area (Å²) < 4.78 is 16.9. The fourth-order valence-corrected chi connectivity index (χ4v) is 2.67. The molecule has 1 N–H and O–H groups in total. The van der Waals surface area contributed by atoms with Crippen molar-refractivity contribution in [1.82, 2.24) is 5.32 Å². The summed E-state index contributed by atoms with van der Waals surface area (Å²) in [6, 6.07) is 8.40. The van der Waals surface area contributed by atoms with E-state index >= 15 is 0 Å². The van der Waals surface area contributed by atoms with Gasteiger partial charge in [-0.05, 0) is 43.5 Å². The lowest BCUT2D eigenvalue weighted by molar-refractivity contribution is 0.224. The van der Waals surface area contributed by atoms with Crippen LogP contribution in [0.5, 0.6) is 11.5 Å². The second kappa shape index (κ2) is 5.82. The van der Waals surface area contributed by atoms with Gasteiger partial charge in [0.25, 0.3) is 0 Å². The molecule has 0 aliphatic carbocycles. The minimum Gasteiger partial charge on any atom is -0.493 e. The van der Waals surface area contributed by atoms with Gasteiger partial charge in [-0.15, -0.1) is 0 Å². The maximum atomic E-state index is 5.86. The molecule has 1 aromatic heterocycles. The van der Waals surface area contributed by atoms with E-state index in [2.05, 4.69) is 24.4 Å². The summed E-state index contributed by atoms with van der Waals surface area (Å²) in [5.41, 5.74) is 2.38. The number of nitrogens with one attached hydrogen (secondary N) is 1. The van der Waals surface area contributed by atoms with Crippen molar-refractivity contribution in [1.29, 1.82) is 0 Å². The molecule has 1 aliphatic heterocycles. The van der Waals surface area contributed by atoms with Gasteiger partial charge in [0.2, 0.25) is 0 Å². The van der Waals surface area contributed by atoms with Gasteiger partial charge in [0.1, 0.15) is 18.1 Å². The molecule has 0 radical (unpaired) electrons. The molecule has 0 spiro atoms. The minimum absolute atomic E-state index is 0.287. The summed E-state index contributed by atoms with van der Waals surface area (Å²) in [4.78, 5) is 0.